The maximum Gasteiger partial charge on any atom is 0.131 e. The van der Waals surface area contributed by atoms with Gasteiger partial charge in [-0.25, -0.2) is 4.39 Å². The van der Waals surface area contributed by atoms with E-state index < -0.39 is 0 Å². The van der Waals surface area contributed by atoms with Gasteiger partial charge in [0, 0.05) is 17.7 Å². The molecule has 0 bridgehead atoms. The summed E-state index contributed by atoms with van der Waals surface area (Å²) in [6.45, 7) is 0. The molecule has 0 fully saturated rings. The molecule has 1 aromatic rings. The number of nitrogens with one attached hydrogen (secondary N) is 1. The Balaban J connectivity index is 2.14. The third-order valence-electron chi connectivity index (χ3n) is 3.78. The SMILES string of the molecule is CNC(CC1=CCCCC1)c1ccc(OC)cc1F. The molecule has 0 aromatic heterocycles. The Kier molecular flexibility index (Phi) is 4.97. The van der Waals surface area contributed by atoms with E-state index in [-0.39, 0.29) is 11.9 Å². The van der Waals surface area contributed by atoms with Crippen LogP contribution in [-0.2, 0) is 0 Å². The topological polar surface area (TPSA) is 21.3 Å². The summed E-state index contributed by atoms with van der Waals surface area (Å²) in [7, 11) is 3.44. The molecule has 3 heteroatoms. The van der Waals surface area contributed by atoms with E-state index in [0.29, 0.717) is 5.75 Å². The van der Waals surface area contributed by atoms with Gasteiger partial charge in [-0.1, -0.05) is 17.7 Å². The normalized spacial score (nSPS) is 16.9. The summed E-state index contributed by atoms with van der Waals surface area (Å²) in [5.41, 5.74) is 2.16. The first-order valence-electron chi connectivity index (χ1n) is 6.93. The van der Waals surface area contributed by atoms with Crippen LogP contribution in [0.15, 0.2) is 29.8 Å². The van der Waals surface area contributed by atoms with Crippen molar-refractivity contribution >= 4 is 0 Å². The monoisotopic (exact) mass is 263 g/mol. The molecule has 0 saturated heterocycles. The summed E-state index contributed by atoms with van der Waals surface area (Å²) in [4.78, 5) is 0. The minimum Gasteiger partial charge on any atom is -0.497 e. The van der Waals surface area contributed by atoms with Gasteiger partial charge in [0.2, 0.25) is 0 Å². The van der Waals surface area contributed by atoms with E-state index in [1.807, 2.05) is 19.2 Å². The Bertz CT molecular complexity index is 456. The third kappa shape index (κ3) is 3.57. The van der Waals surface area contributed by atoms with Gasteiger partial charge in [0.25, 0.3) is 0 Å². The predicted molar refractivity (Wildman–Crippen MR) is 75.9 cm³/mol. The van der Waals surface area contributed by atoms with Gasteiger partial charge >= 0.3 is 0 Å². The number of hydrogen-bond acceptors (Lipinski definition) is 2. The van der Waals surface area contributed by atoms with Crippen LogP contribution in [0.2, 0.25) is 0 Å². The number of ether oxygens (including phenoxy) is 1. The fourth-order valence-corrected chi connectivity index (χ4v) is 2.64. The Labute approximate surface area is 114 Å². The van der Waals surface area contributed by atoms with Gasteiger partial charge in [0.05, 0.1) is 7.11 Å². The van der Waals surface area contributed by atoms with Crippen LogP contribution in [0.5, 0.6) is 5.75 Å². The number of hydrogen-bond donors (Lipinski definition) is 1. The van der Waals surface area contributed by atoms with E-state index >= 15 is 0 Å². The second-order valence-corrected chi connectivity index (χ2v) is 5.04. The number of halogens is 1. The molecule has 1 aliphatic carbocycles. The maximum absolute atomic E-state index is 14.1. The molecule has 0 saturated carbocycles. The summed E-state index contributed by atoms with van der Waals surface area (Å²) in [6, 6.07) is 5.13. The fourth-order valence-electron chi connectivity index (χ4n) is 2.64. The minimum atomic E-state index is -0.199. The lowest BCUT2D eigenvalue weighted by molar-refractivity contribution is 0.409. The Morgan fingerprint density at radius 2 is 2.21 bits per heavy atom. The quantitative estimate of drug-likeness (QED) is 0.811. The van der Waals surface area contributed by atoms with E-state index in [2.05, 4.69) is 11.4 Å². The van der Waals surface area contributed by atoms with Crippen molar-refractivity contribution < 1.29 is 9.13 Å². The lowest BCUT2D eigenvalue weighted by Gasteiger charge is -2.21. The molecular weight excluding hydrogens is 241 g/mol. The summed E-state index contributed by atoms with van der Waals surface area (Å²) in [6.07, 6.45) is 8.06. The van der Waals surface area contributed by atoms with Crippen molar-refractivity contribution in [1.82, 2.24) is 5.32 Å². The molecule has 0 amide bonds. The van der Waals surface area contributed by atoms with Gasteiger partial charge in [-0.2, -0.15) is 0 Å². The third-order valence-corrected chi connectivity index (χ3v) is 3.78. The van der Waals surface area contributed by atoms with E-state index in [0.717, 1.165) is 24.8 Å². The number of benzene rings is 1. The first kappa shape index (κ1) is 14.1. The van der Waals surface area contributed by atoms with Crippen molar-refractivity contribution in [1.29, 1.82) is 0 Å². The van der Waals surface area contributed by atoms with Crippen LogP contribution < -0.4 is 10.1 Å². The standard InChI is InChI=1S/C16H22FNO/c1-18-16(10-12-6-4-3-5-7-12)14-9-8-13(19-2)11-15(14)17/h6,8-9,11,16,18H,3-5,7,10H2,1-2H3. The van der Waals surface area contributed by atoms with Crippen LogP contribution in [0.1, 0.15) is 43.7 Å². The fraction of sp³-hybridized carbons (Fsp3) is 0.500. The smallest absolute Gasteiger partial charge is 0.131 e. The molecule has 19 heavy (non-hydrogen) atoms. The highest BCUT2D eigenvalue weighted by Gasteiger charge is 2.17. The number of rotatable bonds is 5. The zero-order chi connectivity index (χ0) is 13.7. The van der Waals surface area contributed by atoms with Gasteiger partial charge in [-0.15, -0.1) is 0 Å². The predicted octanol–water partition coefficient (Wildman–Crippen LogP) is 3.99. The molecule has 2 rings (SSSR count). The summed E-state index contributed by atoms with van der Waals surface area (Å²) >= 11 is 0. The Hall–Kier alpha value is -1.35. The Morgan fingerprint density at radius 3 is 2.79 bits per heavy atom. The number of allylic oxidation sites excluding steroid dienone is 1. The van der Waals surface area contributed by atoms with Crippen LogP contribution in [0.3, 0.4) is 0 Å². The molecule has 0 spiro atoms. The van der Waals surface area contributed by atoms with Crippen LogP contribution in [0.4, 0.5) is 4.39 Å². The molecule has 1 unspecified atom stereocenters. The zero-order valence-electron chi connectivity index (χ0n) is 11.7. The molecule has 1 atom stereocenters. The average Bonchev–Trinajstić information content (AvgIpc) is 2.46. The number of methoxy groups -OCH3 is 1. The van der Waals surface area contributed by atoms with Crippen LogP contribution in [0, 0.1) is 5.82 Å². The first-order valence-corrected chi connectivity index (χ1v) is 6.93. The molecule has 0 radical (unpaired) electrons. The highest BCUT2D eigenvalue weighted by molar-refractivity contribution is 5.31. The molecule has 1 aromatic carbocycles. The highest BCUT2D eigenvalue weighted by Crippen LogP contribution is 2.30. The van der Waals surface area contributed by atoms with E-state index in [1.54, 1.807) is 7.11 Å². The van der Waals surface area contributed by atoms with Gasteiger partial charge in [0.15, 0.2) is 0 Å². The summed E-state index contributed by atoms with van der Waals surface area (Å²) in [5.74, 6) is 0.364. The van der Waals surface area contributed by atoms with E-state index in [1.165, 1.54) is 24.5 Å². The highest BCUT2D eigenvalue weighted by atomic mass is 19.1. The minimum absolute atomic E-state index is 0.0373. The zero-order valence-corrected chi connectivity index (χ0v) is 11.7. The van der Waals surface area contributed by atoms with Crippen molar-refractivity contribution in [2.45, 2.75) is 38.1 Å². The molecular formula is C16H22FNO. The second kappa shape index (κ2) is 6.71. The molecule has 2 nitrogen and oxygen atoms in total. The van der Waals surface area contributed by atoms with Crippen LogP contribution >= 0.6 is 0 Å². The van der Waals surface area contributed by atoms with Gasteiger partial charge in [0.1, 0.15) is 11.6 Å². The van der Waals surface area contributed by atoms with E-state index in [9.17, 15) is 4.39 Å². The average molecular weight is 263 g/mol. The van der Waals surface area contributed by atoms with Crippen molar-refractivity contribution in [3.05, 3.63) is 41.2 Å². The Morgan fingerprint density at radius 1 is 1.37 bits per heavy atom. The van der Waals surface area contributed by atoms with Gasteiger partial charge in [-0.05, 0) is 45.2 Å². The summed E-state index contributed by atoms with van der Waals surface area (Å²) in [5, 5.41) is 3.22. The lowest BCUT2D eigenvalue weighted by Crippen LogP contribution is -2.18. The van der Waals surface area contributed by atoms with Gasteiger partial charge in [-0.3, -0.25) is 0 Å². The molecule has 104 valence electrons. The lowest BCUT2D eigenvalue weighted by atomic mass is 9.91. The molecule has 1 aliphatic rings. The van der Waals surface area contributed by atoms with Gasteiger partial charge < -0.3 is 10.1 Å². The van der Waals surface area contributed by atoms with Crippen LogP contribution in [0.25, 0.3) is 0 Å². The van der Waals surface area contributed by atoms with Crippen molar-refractivity contribution in [2.24, 2.45) is 0 Å². The second-order valence-electron chi connectivity index (χ2n) is 5.04. The largest absolute Gasteiger partial charge is 0.497 e. The molecule has 0 heterocycles. The van der Waals surface area contributed by atoms with Crippen molar-refractivity contribution in [3.8, 4) is 5.75 Å². The molecule has 0 aliphatic heterocycles. The van der Waals surface area contributed by atoms with Crippen molar-refractivity contribution in [3.63, 3.8) is 0 Å². The van der Waals surface area contributed by atoms with Crippen LogP contribution in [-0.4, -0.2) is 14.2 Å². The maximum atomic E-state index is 14.1. The molecule has 1 N–H and O–H groups in total. The first-order chi connectivity index (χ1) is 9.24. The van der Waals surface area contributed by atoms with E-state index in [4.69, 9.17) is 4.74 Å². The summed E-state index contributed by atoms with van der Waals surface area (Å²) < 4.78 is 19.1. The van der Waals surface area contributed by atoms with Crippen molar-refractivity contribution in [2.75, 3.05) is 14.2 Å².